The monoisotopic (exact) mass is 542 g/mol. The first-order valence-corrected chi connectivity index (χ1v) is 13.1. The van der Waals surface area contributed by atoms with Gasteiger partial charge in [0.25, 0.3) is 5.56 Å². The molecule has 0 aliphatic carbocycles. The lowest BCUT2D eigenvalue weighted by molar-refractivity contribution is 0.0525. The van der Waals surface area contributed by atoms with Crippen molar-refractivity contribution in [3.05, 3.63) is 96.4 Å². The van der Waals surface area contributed by atoms with Crippen LogP contribution in [-0.2, 0) is 4.74 Å². The van der Waals surface area contributed by atoms with Crippen molar-refractivity contribution in [2.75, 3.05) is 13.2 Å². The molecule has 0 unspecified atom stereocenters. The SMILES string of the molecule is CCOC(=O)c1c(C)[nH]c(C(=O)/C(C#N)=c2\s/c(=C\c3ccccn3)c(=O)n2-c2ccc(OCC)cc2)c1C. The number of aryl methyl sites for hydroxylation is 1. The van der Waals surface area contributed by atoms with Crippen molar-refractivity contribution in [1.82, 2.24) is 14.5 Å². The Hall–Kier alpha value is -4.75. The van der Waals surface area contributed by atoms with Crippen LogP contribution in [0.4, 0.5) is 0 Å². The molecule has 1 aromatic carbocycles. The molecule has 0 amide bonds. The number of pyridine rings is 1. The molecule has 4 rings (SSSR count). The van der Waals surface area contributed by atoms with E-state index in [2.05, 4.69) is 9.97 Å². The normalized spacial score (nSPS) is 12.1. The Morgan fingerprint density at radius 2 is 1.87 bits per heavy atom. The smallest absolute Gasteiger partial charge is 0.340 e. The van der Waals surface area contributed by atoms with Crippen LogP contribution in [-0.4, -0.2) is 39.5 Å². The third-order valence-corrected chi connectivity index (χ3v) is 6.99. The van der Waals surface area contributed by atoms with Gasteiger partial charge in [-0.1, -0.05) is 6.07 Å². The number of aromatic nitrogens is 3. The predicted molar refractivity (Wildman–Crippen MR) is 148 cm³/mol. The number of ether oxygens (including phenoxy) is 2. The number of benzene rings is 1. The van der Waals surface area contributed by atoms with E-state index in [9.17, 15) is 19.6 Å². The van der Waals surface area contributed by atoms with E-state index in [1.807, 2.05) is 13.0 Å². The van der Waals surface area contributed by atoms with E-state index in [1.54, 1.807) is 75.5 Å². The lowest BCUT2D eigenvalue weighted by Gasteiger charge is -2.06. The van der Waals surface area contributed by atoms with Crippen LogP contribution < -0.4 is 19.5 Å². The Kier molecular flexibility index (Phi) is 8.22. The highest BCUT2D eigenvalue weighted by atomic mass is 32.1. The van der Waals surface area contributed by atoms with Gasteiger partial charge >= 0.3 is 5.97 Å². The van der Waals surface area contributed by atoms with Gasteiger partial charge in [0, 0.05) is 11.9 Å². The number of ketones is 1. The molecule has 0 bridgehead atoms. The van der Waals surface area contributed by atoms with Crippen molar-refractivity contribution in [3.63, 3.8) is 0 Å². The lowest BCUT2D eigenvalue weighted by atomic mass is 10.0. The van der Waals surface area contributed by atoms with Gasteiger partial charge in [0.05, 0.1) is 40.4 Å². The molecule has 3 aromatic heterocycles. The number of nitriles is 1. The van der Waals surface area contributed by atoms with E-state index in [4.69, 9.17) is 9.47 Å². The average molecular weight is 543 g/mol. The molecule has 198 valence electrons. The molecule has 0 spiro atoms. The average Bonchev–Trinajstić information content (AvgIpc) is 3.40. The molecular weight excluding hydrogens is 516 g/mol. The summed E-state index contributed by atoms with van der Waals surface area (Å²) in [5, 5.41) is 10.2. The van der Waals surface area contributed by atoms with E-state index >= 15 is 0 Å². The molecule has 0 aliphatic rings. The zero-order chi connectivity index (χ0) is 28.1. The topological polar surface area (TPSA) is 127 Å². The summed E-state index contributed by atoms with van der Waals surface area (Å²) in [6.45, 7) is 7.50. The molecule has 1 N–H and O–H groups in total. The van der Waals surface area contributed by atoms with Crippen LogP contribution in [0.5, 0.6) is 5.75 Å². The van der Waals surface area contributed by atoms with Crippen LogP contribution in [0.15, 0.2) is 53.5 Å². The maximum atomic E-state index is 13.8. The highest BCUT2D eigenvalue weighted by Crippen LogP contribution is 2.22. The van der Waals surface area contributed by atoms with Crippen LogP contribution >= 0.6 is 11.3 Å². The Morgan fingerprint density at radius 1 is 1.13 bits per heavy atom. The fourth-order valence-corrected chi connectivity index (χ4v) is 5.23. The summed E-state index contributed by atoms with van der Waals surface area (Å²) in [5.74, 6) is -0.578. The summed E-state index contributed by atoms with van der Waals surface area (Å²) in [4.78, 5) is 47.1. The molecular formula is C29H26N4O5S. The van der Waals surface area contributed by atoms with Crippen molar-refractivity contribution in [3.8, 4) is 17.5 Å². The van der Waals surface area contributed by atoms with Gasteiger partial charge in [-0.15, -0.1) is 11.3 Å². The summed E-state index contributed by atoms with van der Waals surface area (Å²) in [6.07, 6.45) is 3.23. The van der Waals surface area contributed by atoms with Gasteiger partial charge < -0.3 is 14.5 Å². The minimum absolute atomic E-state index is 0.0847. The fourth-order valence-electron chi connectivity index (χ4n) is 4.15. The molecule has 0 atom stereocenters. The molecule has 39 heavy (non-hydrogen) atoms. The molecule has 0 saturated carbocycles. The van der Waals surface area contributed by atoms with Crippen molar-refractivity contribution in [2.45, 2.75) is 27.7 Å². The maximum absolute atomic E-state index is 13.8. The number of H-pyrrole nitrogens is 1. The highest BCUT2D eigenvalue weighted by Gasteiger charge is 2.26. The van der Waals surface area contributed by atoms with Crippen LogP contribution in [0.1, 0.15) is 51.6 Å². The maximum Gasteiger partial charge on any atom is 0.340 e. The lowest BCUT2D eigenvalue weighted by Crippen LogP contribution is -2.31. The second kappa shape index (κ2) is 11.8. The van der Waals surface area contributed by atoms with Crippen molar-refractivity contribution >= 4 is 34.7 Å². The molecule has 0 radical (unpaired) electrons. The summed E-state index contributed by atoms with van der Waals surface area (Å²) in [6, 6.07) is 14.1. The van der Waals surface area contributed by atoms with Crippen LogP contribution in [0.3, 0.4) is 0 Å². The molecule has 0 aliphatic heterocycles. The molecule has 9 nitrogen and oxygen atoms in total. The number of hydrogen-bond donors (Lipinski definition) is 1. The third-order valence-electron chi connectivity index (χ3n) is 5.89. The van der Waals surface area contributed by atoms with Gasteiger partial charge in [-0.05, 0) is 75.7 Å². The number of esters is 1. The first kappa shape index (κ1) is 27.3. The van der Waals surface area contributed by atoms with E-state index in [1.165, 1.54) is 4.57 Å². The Labute approximate surface area is 228 Å². The zero-order valence-corrected chi connectivity index (χ0v) is 22.7. The van der Waals surface area contributed by atoms with Crippen molar-refractivity contribution in [2.24, 2.45) is 0 Å². The van der Waals surface area contributed by atoms with Crippen LogP contribution in [0, 0.1) is 25.2 Å². The first-order valence-electron chi connectivity index (χ1n) is 12.2. The molecule has 0 saturated heterocycles. The van der Waals surface area contributed by atoms with E-state index in [0.29, 0.717) is 39.5 Å². The molecule has 0 fully saturated rings. The number of carbonyl (C=O) groups is 2. The fraction of sp³-hybridized carbons (Fsp3) is 0.207. The van der Waals surface area contributed by atoms with Crippen LogP contribution in [0.25, 0.3) is 17.3 Å². The van der Waals surface area contributed by atoms with Gasteiger partial charge in [0.1, 0.15) is 22.1 Å². The number of aromatic amines is 1. The standard InChI is InChI=1S/C29H26N4O5S/c1-5-37-21-12-10-20(11-13-21)33-27(35)23(15-19-9-7-8-14-31-19)39-28(33)22(16-30)26(34)25-17(3)24(18(4)32-25)29(36)38-6-2/h7-15,32H,5-6H2,1-4H3/b23-15-,28-22-. The summed E-state index contributed by atoms with van der Waals surface area (Å²) in [7, 11) is 0. The van der Waals surface area contributed by atoms with Gasteiger partial charge in [-0.3, -0.25) is 19.1 Å². The van der Waals surface area contributed by atoms with Crippen molar-refractivity contribution < 1.29 is 19.1 Å². The number of carbonyl (C=O) groups excluding carboxylic acids is 2. The minimum atomic E-state index is -0.640. The zero-order valence-electron chi connectivity index (χ0n) is 21.9. The Balaban J connectivity index is 1.99. The number of hydrogen-bond acceptors (Lipinski definition) is 8. The minimum Gasteiger partial charge on any atom is -0.494 e. The number of Topliss-reactive ketones (excluding diaryl/α,β-unsaturated/α-hetero) is 1. The van der Waals surface area contributed by atoms with E-state index in [-0.39, 0.29) is 28.1 Å². The number of nitrogens with zero attached hydrogens (tertiary/aromatic N) is 3. The Morgan fingerprint density at radius 3 is 2.49 bits per heavy atom. The van der Waals surface area contributed by atoms with Gasteiger partial charge in [-0.25, -0.2) is 4.79 Å². The summed E-state index contributed by atoms with van der Waals surface area (Å²) < 4.78 is 12.4. The van der Waals surface area contributed by atoms with Gasteiger partial charge in [-0.2, -0.15) is 5.26 Å². The first-order chi connectivity index (χ1) is 18.8. The van der Waals surface area contributed by atoms with Gasteiger partial charge in [0.2, 0.25) is 5.78 Å². The number of rotatable bonds is 8. The third kappa shape index (κ3) is 5.44. The molecule has 3 heterocycles. The quantitative estimate of drug-likeness (QED) is 0.268. The largest absolute Gasteiger partial charge is 0.494 e. The summed E-state index contributed by atoms with van der Waals surface area (Å²) >= 11 is 1.01. The van der Waals surface area contributed by atoms with E-state index in [0.717, 1.165) is 11.3 Å². The highest BCUT2D eigenvalue weighted by molar-refractivity contribution is 7.07. The van der Waals surface area contributed by atoms with Crippen LogP contribution in [0.2, 0.25) is 0 Å². The molecule has 10 heteroatoms. The van der Waals surface area contributed by atoms with Crippen molar-refractivity contribution in [1.29, 1.82) is 5.26 Å². The predicted octanol–water partition coefficient (Wildman–Crippen LogP) is 3.20. The molecule has 4 aromatic rings. The number of nitrogens with one attached hydrogen (secondary N) is 1. The number of thiazole rings is 1. The van der Waals surface area contributed by atoms with E-state index < -0.39 is 17.3 Å². The Bertz CT molecular complexity index is 1760. The summed E-state index contributed by atoms with van der Waals surface area (Å²) in [5.41, 5.74) is 1.52. The second-order valence-electron chi connectivity index (χ2n) is 8.40. The second-order valence-corrected chi connectivity index (χ2v) is 9.43. The van der Waals surface area contributed by atoms with Gasteiger partial charge in [0.15, 0.2) is 0 Å².